The van der Waals surface area contributed by atoms with Crippen LogP contribution in [0.4, 0.5) is 8.78 Å². The van der Waals surface area contributed by atoms with Crippen molar-refractivity contribution in [1.82, 2.24) is 4.90 Å². The average molecular weight is 565 g/mol. The van der Waals surface area contributed by atoms with Crippen molar-refractivity contribution in [3.8, 4) is 11.1 Å². The van der Waals surface area contributed by atoms with Gasteiger partial charge in [-0.3, -0.25) is 4.79 Å². The van der Waals surface area contributed by atoms with Crippen molar-refractivity contribution in [3.05, 3.63) is 99.4 Å². The van der Waals surface area contributed by atoms with Gasteiger partial charge in [0.05, 0.1) is 15.1 Å². The molecule has 0 atom stereocenters. The van der Waals surface area contributed by atoms with Crippen LogP contribution in [0.25, 0.3) is 27.3 Å². The topological polar surface area (TPSA) is 46.3 Å². The Morgan fingerprint density at radius 2 is 1.69 bits per heavy atom. The van der Waals surface area contributed by atoms with Crippen LogP contribution in [-0.2, 0) is 13.0 Å². The number of nitrogens with two attached hydrogens (primary N) is 1. The van der Waals surface area contributed by atoms with Gasteiger partial charge in [0.25, 0.3) is 5.91 Å². The number of hydrogen-bond acceptors (Lipinski definition) is 3. The van der Waals surface area contributed by atoms with E-state index in [-0.39, 0.29) is 38.0 Å². The van der Waals surface area contributed by atoms with Crippen molar-refractivity contribution in [3.63, 3.8) is 0 Å². The highest BCUT2D eigenvalue weighted by molar-refractivity contribution is 7.21. The minimum Gasteiger partial charge on any atom is -0.331 e. The summed E-state index contributed by atoms with van der Waals surface area (Å²) in [6.07, 6.45) is 5.78. The highest BCUT2D eigenvalue weighted by Crippen LogP contribution is 2.40. The zero-order chi connectivity index (χ0) is 27.7. The molecule has 7 heteroatoms. The lowest BCUT2D eigenvalue weighted by molar-refractivity contribution is 0.0611. The van der Waals surface area contributed by atoms with E-state index in [0.29, 0.717) is 6.54 Å². The van der Waals surface area contributed by atoms with Crippen molar-refractivity contribution < 1.29 is 13.6 Å². The van der Waals surface area contributed by atoms with Gasteiger partial charge in [-0.15, -0.1) is 11.3 Å². The molecule has 1 saturated carbocycles. The third-order valence-electron chi connectivity index (χ3n) is 7.73. The van der Waals surface area contributed by atoms with Crippen molar-refractivity contribution >= 4 is 45.0 Å². The second-order valence-corrected chi connectivity index (χ2v) is 11.5. The van der Waals surface area contributed by atoms with Crippen LogP contribution >= 0.6 is 22.9 Å². The van der Waals surface area contributed by atoms with E-state index in [9.17, 15) is 13.6 Å². The number of halogens is 3. The smallest absolute Gasteiger partial charge is 0.266 e. The molecular weight excluding hydrogens is 534 g/mol. The summed E-state index contributed by atoms with van der Waals surface area (Å²) in [6, 6.07) is 16.7. The Bertz CT molecular complexity index is 1520. The van der Waals surface area contributed by atoms with E-state index in [1.807, 2.05) is 23.1 Å². The third-order valence-corrected chi connectivity index (χ3v) is 9.40. The number of amides is 1. The van der Waals surface area contributed by atoms with Crippen LogP contribution < -0.4 is 5.73 Å². The molecule has 1 fully saturated rings. The van der Waals surface area contributed by atoms with E-state index < -0.39 is 11.6 Å². The molecule has 39 heavy (non-hydrogen) atoms. The molecule has 1 amide bonds. The summed E-state index contributed by atoms with van der Waals surface area (Å²) in [4.78, 5) is 16.1. The van der Waals surface area contributed by atoms with E-state index in [0.717, 1.165) is 83.4 Å². The number of fused-ring (bicyclic) bond motifs is 1. The predicted octanol–water partition coefficient (Wildman–Crippen LogP) is 8.62. The summed E-state index contributed by atoms with van der Waals surface area (Å²) in [6.45, 7) is 6.29. The summed E-state index contributed by atoms with van der Waals surface area (Å²) < 4.78 is 29.2. The second kappa shape index (κ2) is 11.6. The number of thiophene rings is 1. The maximum Gasteiger partial charge on any atom is 0.266 e. The number of nitrogens with zero attached hydrogens (tertiary/aromatic N) is 1. The Morgan fingerprint density at radius 3 is 2.33 bits per heavy atom. The normalized spacial score (nSPS) is 17.4. The lowest BCUT2D eigenvalue weighted by Gasteiger charge is -2.36. The Hall–Kier alpha value is -3.06. The Morgan fingerprint density at radius 1 is 1.03 bits per heavy atom. The lowest BCUT2D eigenvalue weighted by atomic mass is 9.89. The van der Waals surface area contributed by atoms with Crippen LogP contribution in [0.1, 0.15) is 59.0 Å². The molecule has 0 spiro atoms. The lowest BCUT2D eigenvalue weighted by Crippen LogP contribution is -2.43. The SMILES string of the molecule is C=Cc1ccc(-c2ccc(CC)c(CN(C(=O)c3sc4c(F)ccc(F)c4c3Cl)C3CCC(N)CC3)c2)cc1. The summed E-state index contributed by atoms with van der Waals surface area (Å²) in [5, 5.41) is -0.0591. The first-order chi connectivity index (χ1) is 18.8. The molecule has 0 unspecified atom stereocenters. The molecule has 1 heterocycles. The van der Waals surface area contributed by atoms with Gasteiger partial charge in [-0.2, -0.15) is 0 Å². The van der Waals surface area contributed by atoms with Gasteiger partial charge < -0.3 is 10.6 Å². The maximum absolute atomic E-state index is 14.6. The van der Waals surface area contributed by atoms with E-state index in [4.69, 9.17) is 17.3 Å². The van der Waals surface area contributed by atoms with Gasteiger partial charge in [-0.25, -0.2) is 8.78 Å². The molecule has 0 saturated heterocycles. The Balaban J connectivity index is 1.56. The molecular formula is C32H31ClF2N2OS. The molecule has 0 radical (unpaired) electrons. The van der Waals surface area contributed by atoms with Gasteiger partial charge >= 0.3 is 0 Å². The highest BCUT2D eigenvalue weighted by Gasteiger charge is 2.32. The number of benzene rings is 3. The van der Waals surface area contributed by atoms with E-state index >= 15 is 0 Å². The summed E-state index contributed by atoms with van der Waals surface area (Å²) in [5.74, 6) is -1.52. The number of carbonyl (C=O) groups excluding carboxylic acids is 1. The van der Waals surface area contributed by atoms with Gasteiger partial charge in [0.15, 0.2) is 0 Å². The fraction of sp³-hybridized carbons (Fsp3) is 0.281. The zero-order valence-corrected chi connectivity index (χ0v) is 23.4. The Kier molecular flexibility index (Phi) is 8.17. The molecule has 3 nitrogen and oxygen atoms in total. The summed E-state index contributed by atoms with van der Waals surface area (Å²) >= 11 is 7.47. The molecule has 0 bridgehead atoms. The van der Waals surface area contributed by atoms with Crippen LogP contribution in [0.3, 0.4) is 0 Å². The minimum absolute atomic E-state index is 0.0266. The van der Waals surface area contributed by atoms with Crippen LogP contribution in [-0.4, -0.2) is 22.9 Å². The quantitative estimate of drug-likeness (QED) is 0.244. The number of carbonyl (C=O) groups is 1. The fourth-order valence-electron chi connectivity index (χ4n) is 5.44. The Labute approximate surface area is 236 Å². The van der Waals surface area contributed by atoms with E-state index in [1.165, 1.54) is 0 Å². The molecule has 3 aromatic carbocycles. The largest absolute Gasteiger partial charge is 0.331 e. The van der Waals surface area contributed by atoms with Gasteiger partial charge in [0, 0.05) is 18.6 Å². The maximum atomic E-state index is 14.6. The summed E-state index contributed by atoms with van der Waals surface area (Å²) in [5.41, 5.74) is 11.5. The first-order valence-electron chi connectivity index (χ1n) is 13.3. The van der Waals surface area contributed by atoms with Crippen molar-refractivity contribution in [2.24, 2.45) is 5.73 Å². The van der Waals surface area contributed by atoms with E-state index in [2.05, 4.69) is 43.8 Å². The van der Waals surface area contributed by atoms with Gasteiger partial charge in [0.1, 0.15) is 16.5 Å². The zero-order valence-electron chi connectivity index (χ0n) is 21.9. The van der Waals surface area contributed by atoms with Crippen LogP contribution in [0.2, 0.25) is 5.02 Å². The van der Waals surface area contributed by atoms with Crippen LogP contribution in [0, 0.1) is 11.6 Å². The molecule has 202 valence electrons. The first kappa shape index (κ1) is 27.5. The van der Waals surface area contributed by atoms with Crippen molar-refractivity contribution in [1.29, 1.82) is 0 Å². The number of hydrogen-bond donors (Lipinski definition) is 1. The number of rotatable bonds is 7. The molecule has 1 aromatic heterocycles. The summed E-state index contributed by atoms with van der Waals surface area (Å²) in [7, 11) is 0. The predicted molar refractivity (Wildman–Crippen MR) is 158 cm³/mol. The van der Waals surface area contributed by atoms with Crippen molar-refractivity contribution in [2.45, 2.75) is 57.7 Å². The van der Waals surface area contributed by atoms with Gasteiger partial charge in [-0.05, 0) is 78.1 Å². The number of aryl methyl sites for hydroxylation is 1. The average Bonchev–Trinajstić information content (AvgIpc) is 3.32. The van der Waals surface area contributed by atoms with Gasteiger partial charge in [0.2, 0.25) is 0 Å². The van der Waals surface area contributed by atoms with Gasteiger partial charge in [-0.1, -0.05) is 67.6 Å². The van der Waals surface area contributed by atoms with Crippen LogP contribution in [0.15, 0.2) is 61.2 Å². The molecule has 1 aliphatic rings. The molecule has 0 aliphatic heterocycles. The molecule has 2 N–H and O–H groups in total. The molecule has 1 aliphatic carbocycles. The van der Waals surface area contributed by atoms with E-state index in [1.54, 1.807) is 0 Å². The van der Waals surface area contributed by atoms with Crippen LogP contribution in [0.5, 0.6) is 0 Å². The first-order valence-corrected chi connectivity index (χ1v) is 14.5. The fourth-order valence-corrected chi connectivity index (χ4v) is 6.94. The monoisotopic (exact) mass is 564 g/mol. The second-order valence-electron chi connectivity index (χ2n) is 10.1. The standard InChI is InChI=1S/C32H31ClF2N2OS/c1-3-19-5-7-21(8-6-19)22-10-9-20(4-2)23(17-22)18-37(25-13-11-24(36)12-14-25)32(38)31-29(33)28-26(34)15-16-27(35)30(28)39-31/h3,5-10,15-17,24-25H,1,4,11-14,18,36H2,2H3. The minimum atomic E-state index is -0.634. The molecule has 5 rings (SSSR count). The molecule has 4 aromatic rings. The van der Waals surface area contributed by atoms with Crippen molar-refractivity contribution in [2.75, 3.05) is 0 Å². The highest BCUT2D eigenvalue weighted by atomic mass is 35.5. The third kappa shape index (κ3) is 5.51.